The largest absolute Gasteiger partial charge is 0.490 e. The highest BCUT2D eigenvalue weighted by atomic mass is 16.5. The second-order valence-electron chi connectivity index (χ2n) is 7.59. The van der Waals surface area contributed by atoms with Crippen molar-refractivity contribution in [2.24, 2.45) is 0 Å². The molecule has 0 saturated carbocycles. The Labute approximate surface area is 186 Å². The predicted octanol–water partition coefficient (Wildman–Crippen LogP) is 4.07. The molecule has 0 radical (unpaired) electrons. The van der Waals surface area contributed by atoms with Gasteiger partial charge in [-0.25, -0.2) is 9.50 Å². The molecule has 32 heavy (non-hydrogen) atoms. The number of hydrogen-bond donors (Lipinski definition) is 0. The third-order valence-electron chi connectivity index (χ3n) is 5.43. The summed E-state index contributed by atoms with van der Waals surface area (Å²) in [7, 11) is 1.58. The highest BCUT2D eigenvalue weighted by molar-refractivity contribution is 5.69. The molecule has 3 aromatic heterocycles. The van der Waals surface area contributed by atoms with Gasteiger partial charge in [0.1, 0.15) is 18.1 Å². The number of nitrogens with zero attached hydrogens (tertiary/aromatic N) is 5. The van der Waals surface area contributed by atoms with E-state index in [4.69, 9.17) is 19.2 Å². The zero-order chi connectivity index (χ0) is 21.8. The van der Waals surface area contributed by atoms with E-state index in [0.717, 1.165) is 19.6 Å². The lowest BCUT2D eigenvalue weighted by Crippen LogP contribution is -2.25. The lowest BCUT2D eigenvalue weighted by atomic mass is 10.3. The number of fused-ring (bicyclic) bond motifs is 1. The molecule has 0 unspecified atom stereocenters. The van der Waals surface area contributed by atoms with Crippen molar-refractivity contribution in [2.45, 2.75) is 12.8 Å². The highest BCUT2D eigenvalue weighted by Crippen LogP contribution is 2.33. The van der Waals surface area contributed by atoms with Crippen molar-refractivity contribution in [3.63, 3.8) is 0 Å². The first kappa shape index (κ1) is 20.3. The van der Waals surface area contributed by atoms with Crippen LogP contribution >= 0.6 is 0 Å². The summed E-state index contributed by atoms with van der Waals surface area (Å²) < 4.78 is 19.3. The molecule has 0 atom stereocenters. The summed E-state index contributed by atoms with van der Waals surface area (Å²) >= 11 is 0. The molecule has 0 N–H and O–H groups in total. The van der Waals surface area contributed by atoms with Crippen LogP contribution in [0, 0.1) is 0 Å². The fourth-order valence-corrected chi connectivity index (χ4v) is 3.81. The molecule has 1 aliphatic rings. The van der Waals surface area contributed by atoms with Crippen LogP contribution in [-0.2, 0) is 0 Å². The quantitative estimate of drug-likeness (QED) is 0.416. The first-order valence-corrected chi connectivity index (χ1v) is 10.8. The van der Waals surface area contributed by atoms with Gasteiger partial charge in [-0.05, 0) is 44.1 Å². The van der Waals surface area contributed by atoms with Crippen LogP contribution in [0.4, 0.5) is 0 Å². The fraction of sp³-hybridized carbons (Fsp3) is 0.292. The van der Waals surface area contributed by atoms with Crippen LogP contribution in [0.5, 0.6) is 23.3 Å². The number of rotatable bonds is 8. The van der Waals surface area contributed by atoms with Gasteiger partial charge in [-0.3, -0.25) is 4.90 Å². The topological polar surface area (TPSA) is 74.0 Å². The number of likely N-dealkylation sites (tertiary alicyclic amines) is 1. The molecule has 0 spiro atoms. The Kier molecular flexibility index (Phi) is 5.85. The van der Waals surface area contributed by atoms with Gasteiger partial charge in [0.25, 0.3) is 5.88 Å². The van der Waals surface area contributed by atoms with E-state index in [1.807, 2.05) is 54.7 Å². The molecule has 1 aliphatic heterocycles. The Hall–Kier alpha value is -3.65. The van der Waals surface area contributed by atoms with E-state index in [1.54, 1.807) is 17.7 Å². The molecule has 8 nitrogen and oxygen atoms in total. The minimum atomic E-state index is 0.409. The number of hydrogen-bond acceptors (Lipinski definition) is 7. The van der Waals surface area contributed by atoms with Gasteiger partial charge in [-0.1, -0.05) is 24.3 Å². The Morgan fingerprint density at radius 2 is 1.78 bits per heavy atom. The second-order valence-corrected chi connectivity index (χ2v) is 7.59. The Balaban J connectivity index is 1.50. The summed E-state index contributed by atoms with van der Waals surface area (Å²) in [4.78, 5) is 11.6. The second kappa shape index (κ2) is 9.23. The molecule has 1 fully saturated rings. The van der Waals surface area contributed by atoms with Gasteiger partial charge < -0.3 is 14.2 Å². The van der Waals surface area contributed by atoms with E-state index in [2.05, 4.69) is 15.0 Å². The van der Waals surface area contributed by atoms with E-state index in [9.17, 15) is 0 Å². The predicted molar refractivity (Wildman–Crippen MR) is 120 cm³/mol. The summed E-state index contributed by atoms with van der Waals surface area (Å²) in [5, 5.41) is 4.65. The van der Waals surface area contributed by atoms with Crippen molar-refractivity contribution in [3.8, 4) is 34.8 Å². The van der Waals surface area contributed by atoms with Crippen LogP contribution in [0.25, 0.3) is 17.0 Å². The smallest absolute Gasteiger partial charge is 0.251 e. The zero-order valence-corrected chi connectivity index (χ0v) is 18.0. The van der Waals surface area contributed by atoms with E-state index in [-0.39, 0.29) is 0 Å². The molecule has 5 rings (SSSR count). The highest BCUT2D eigenvalue weighted by Gasteiger charge is 2.18. The molecule has 0 amide bonds. The lowest BCUT2D eigenvalue weighted by molar-refractivity contribution is 0.239. The third-order valence-corrected chi connectivity index (χ3v) is 5.43. The number of pyridine rings is 1. The van der Waals surface area contributed by atoms with Crippen molar-refractivity contribution < 1.29 is 14.2 Å². The number of para-hydroxylation sites is 1. The van der Waals surface area contributed by atoms with Gasteiger partial charge in [-0.2, -0.15) is 4.98 Å². The molecule has 1 saturated heterocycles. The molecule has 4 aromatic rings. The first-order valence-electron chi connectivity index (χ1n) is 10.8. The third kappa shape index (κ3) is 4.36. The van der Waals surface area contributed by atoms with Crippen molar-refractivity contribution in [3.05, 3.63) is 60.8 Å². The molecule has 8 heteroatoms. The van der Waals surface area contributed by atoms with Gasteiger partial charge in [-0.15, -0.1) is 5.10 Å². The monoisotopic (exact) mass is 431 g/mol. The Morgan fingerprint density at radius 3 is 2.59 bits per heavy atom. The average Bonchev–Trinajstić information content (AvgIpc) is 3.50. The number of aromatic nitrogens is 4. The SMILES string of the molecule is COc1cccc(-c2nc(Oc3ccccc3)c3c(OCCN4CCCC4)ccn3n2)n1. The fourth-order valence-electron chi connectivity index (χ4n) is 3.81. The van der Waals surface area contributed by atoms with Crippen LogP contribution in [0.15, 0.2) is 60.8 Å². The minimum absolute atomic E-state index is 0.409. The van der Waals surface area contributed by atoms with Crippen LogP contribution < -0.4 is 14.2 Å². The van der Waals surface area contributed by atoms with Gasteiger partial charge in [0.2, 0.25) is 11.7 Å². The van der Waals surface area contributed by atoms with Crippen molar-refractivity contribution >= 4 is 5.52 Å². The maximum absolute atomic E-state index is 6.17. The van der Waals surface area contributed by atoms with Crippen molar-refractivity contribution in [2.75, 3.05) is 33.4 Å². The molecule has 0 bridgehead atoms. The van der Waals surface area contributed by atoms with E-state index in [1.165, 1.54) is 12.8 Å². The standard InChI is InChI=1S/C24H25N5O3/c1-30-21-11-7-10-19(25-21)23-26-24(32-18-8-3-2-4-9-18)22-20(12-15-29(22)27-23)31-17-16-28-13-5-6-14-28/h2-4,7-12,15H,5-6,13-14,16-17H2,1H3. The van der Waals surface area contributed by atoms with E-state index >= 15 is 0 Å². The molecule has 0 aliphatic carbocycles. The first-order chi connectivity index (χ1) is 15.8. The summed E-state index contributed by atoms with van der Waals surface area (Å²) in [6.07, 6.45) is 4.38. The van der Waals surface area contributed by atoms with Crippen molar-refractivity contribution in [1.29, 1.82) is 0 Å². The minimum Gasteiger partial charge on any atom is -0.490 e. The van der Waals surface area contributed by atoms with Crippen LogP contribution in [0.2, 0.25) is 0 Å². The molecular weight excluding hydrogens is 406 g/mol. The molecule has 4 heterocycles. The maximum atomic E-state index is 6.17. The van der Waals surface area contributed by atoms with Crippen LogP contribution in [0.3, 0.4) is 0 Å². The zero-order valence-electron chi connectivity index (χ0n) is 18.0. The summed E-state index contributed by atoms with van der Waals surface area (Å²) in [6, 6.07) is 16.9. The van der Waals surface area contributed by atoms with Crippen molar-refractivity contribution in [1.82, 2.24) is 24.5 Å². The lowest BCUT2D eigenvalue weighted by Gasteiger charge is -2.15. The van der Waals surface area contributed by atoms with Gasteiger partial charge in [0, 0.05) is 24.9 Å². The maximum Gasteiger partial charge on any atom is 0.251 e. The Morgan fingerprint density at radius 1 is 0.938 bits per heavy atom. The average molecular weight is 431 g/mol. The molecule has 164 valence electrons. The normalized spacial score (nSPS) is 14.0. The van der Waals surface area contributed by atoms with Gasteiger partial charge in [0.05, 0.1) is 7.11 Å². The Bertz CT molecular complexity index is 1190. The van der Waals surface area contributed by atoms with Crippen LogP contribution in [-0.4, -0.2) is 57.8 Å². The van der Waals surface area contributed by atoms with E-state index < -0.39 is 0 Å². The van der Waals surface area contributed by atoms with E-state index in [0.29, 0.717) is 46.9 Å². The van der Waals surface area contributed by atoms with Gasteiger partial charge >= 0.3 is 0 Å². The summed E-state index contributed by atoms with van der Waals surface area (Å²) in [6.45, 7) is 3.78. The molecular formula is C24H25N5O3. The number of benzene rings is 1. The number of methoxy groups -OCH3 is 1. The summed E-state index contributed by atoms with van der Waals surface area (Å²) in [5.41, 5.74) is 1.27. The molecule has 1 aromatic carbocycles. The van der Waals surface area contributed by atoms with Gasteiger partial charge in [0.15, 0.2) is 11.3 Å². The number of ether oxygens (including phenoxy) is 3. The van der Waals surface area contributed by atoms with Crippen LogP contribution in [0.1, 0.15) is 12.8 Å². The summed E-state index contributed by atoms with van der Waals surface area (Å²) in [5.74, 6) is 2.71.